The summed E-state index contributed by atoms with van der Waals surface area (Å²) >= 11 is 0. The summed E-state index contributed by atoms with van der Waals surface area (Å²) in [5.74, 6) is -0.635. The molecule has 0 saturated carbocycles. The molecule has 1 saturated heterocycles. The normalized spacial score (nSPS) is 18.4. The zero-order valence-corrected chi connectivity index (χ0v) is 18.1. The average molecular weight is 424 g/mol. The number of benzene rings is 1. The number of amides is 3. The maximum Gasteiger partial charge on any atom is 0.313 e. The highest BCUT2D eigenvalue weighted by atomic mass is 16.2. The molecule has 164 valence electrons. The van der Waals surface area contributed by atoms with Crippen molar-refractivity contribution in [3.05, 3.63) is 53.2 Å². The van der Waals surface area contributed by atoms with Crippen LogP contribution in [0.1, 0.15) is 49.4 Å². The topological polar surface area (TPSA) is 117 Å². The molecular formula is C23H29N5O3. The molecule has 4 N–H and O–H groups in total. The Balaban J connectivity index is 1.74. The smallest absolute Gasteiger partial charge is 0.313 e. The summed E-state index contributed by atoms with van der Waals surface area (Å²) in [6.07, 6.45) is 3.20. The van der Waals surface area contributed by atoms with E-state index in [1.807, 2.05) is 24.3 Å². The first-order valence-electron chi connectivity index (χ1n) is 10.4. The number of hydrogen-bond donors (Lipinski definition) is 3. The van der Waals surface area contributed by atoms with Crippen molar-refractivity contribution >= 4 is 29.2 Å². The minimum absolute atomic E-state index is 0.0837. The van der Waals surface area contributed by atoms with Gasteiger partial charge in [0.1, 0.15) is 5.82 Å². The van der Waals surface area contributed by atoms with Crippen molar-refractivity contribution in [1.82, 2.24) is 15.2 Å². The van der Waals surface area contributed by atoms with E-state index in [2.05, 4.69) is 22.5 Å². The first-order chi connectivity index (χ1) is 14.7. The molecule has 2 aromatic rings. The van der Waals surface area contributed by atoms with Crippen LogP contribution in [-0.2, 0) is 20.9 Å². The molecule has 3 amide bonds. The second-order valence-corrected chi connectivity index (χ2v) is 8.19. The van der Waals surface area contributed by atoms with Crippen molar-refractivity contribution in [2.45, 2.75) is 46.2 Å². The summed E-state index contributed by atoms with van der Waals surface area (Å²) in [6, 6.07) is 9.32. The zero-order chi connectivity index (χ0) is 22.5. The van der Waals surface area contributed by atoms with Gasteiger partial charge in [0.2, 0.25) is 5.91 Å². The quantitative estimate of drug-likeness (QED) is 0.653. The van der Waals surface area contributed by atoms with Gasteiger partial charge >= 0.3 is 11.8 Å². The van der Waals surface area contributed by atoms with E-state index in [1.165, 1.54) is 13.1 Å². The second-order valence-electron chi connectivity index (χ2n) is 8.19. The first-order valence-corrected chi connectivity index (χ1v) is 10.4. The van der Waals surface area contributed by atoms with Crippen LogP contribution >= 0.6 is 0 Å². The number of rotatable bonds is 4. The van der Waals surface area contributed by atoms with E-state index in [9.17, 15) is 14.4 Å². The van der Waals surface area contributed by atoms with Gasteiger partial charge in [0, 0.05) is 20.0 Å². The van der Waals surface area contributed by atoms with Crippen molar-refractivity contribution in [2.24, 2.45) is 5.92 Å². The third-order valence-corrected chi connectivity index (χ3v) is 5.56. The summed E-state index contributed by atoms with van der Waals surface area (Å²) in [5.41, 5.74) is 8.84. The van der Waals surface area contributed by atoms with Crippen LogP contribution in [0.15, 0.2) is 36.5 Å². The Hall–Kier alpha value is -3.42. The second kappa shape index (κ2) is 9.59. The van der Waals surface area contributed by atoms with Gasteiger partial charge in [-0.3, -0.25) is 14.4 Å². The zero-order valence-electron chi connectivity index (χ0n) is 18.1. The number of nitrogens with one attached hydrogen (secondary N) is 2. The fourth-order valence-corrected chi connectivity index (χ4v) is 3.78. The lowest BCUT2D eigenvalue weighted by Gasteiger charge is -2.38. The largest absolute Gasteiger partial charge is 0.383 e. The number of anilines is 2. The van der Waals surface area contributed by atoms with Gasteiger partial charge in [0.05, 0.1) is 17.9 Å². The molecule has 8 nitrogen and oxygen atoms in total. The molecule has 2 heterocycles. The molecule has 0 aliphatic carbocycles. The Morgan fingerprint density at radius 1 is 1.19 bits per heavy atom. The van der Waals surface area contributed by atoms with Gasteiger partial charge in [-0.2, -0.15) is 0 Å². The van der Waals surface area contributed by atoms with Crippen molar-refractivity contribution in [1.29, 1.82) is 0 Å². The summed E-state index contributed by atoms with van der Waals surface area (Å²) in [4.78, 5) is 42.5. The number of aryl methyl sites for hydroxylation is 1. The molecule has 1 aromatic carbocycles. The van der Waals surface area contributed by atoms with E-state index < -0.39 is 11.8 Å². The van der Waals surface area contributed by atoms with Crippen molar-refractivity contribution in [3.8, 4) is 0 Å². The fraction of sp³-hybridized carbons (Fsp3) is 0.391. The number of pyridine rings is 1. The third-order valence-electron chi connectivity index (χ3n) is 5.56. The molecule has 1 fully saturated rings. The number of nitrogens with two attached hydrogens (primary N) is 1. The van der Waals surface area contributed by atoms with E-state index in [-0.39, 0.29) is 11.9 Å². The van der Waals surface area contributed by atoms with Crippen molar-refractivity contribution in [2.75, 3.05) is 17.6 Å². The van der Waals surface area contributed by atoms with Gasteiger partial charge in [0.15, 0.2) is 0 Å². The standard InChI is InChI=1S/C23H29N5O3/c1-14-4-9-20(18-7-5-17(6-8-18)11-25-16(3)29)28(13-14)23(31)22(30)27-19-10-15(2)21(24)26-12-19/h5-8,10,12,14,20H,4,9,11,13H2,1-3H3,(H2,24,26)(H,25,29)(H,27,30)/t14-,20+/m1/s1. The molecule has 1 aromatic heterocycles. The Labute approximate surface area is 182 Å². The molecule has 0 radical (unpaired) electrons. The lowest BCUT2D eigenvalue weighted by molar-refractivity contribution is -0.146. The van der Waals surface area contributed by atoms with Gasteiger partial charge in [-0.05, 0) is 48.4 Å². The monoisotopic (exact) mass is 423 g/mol. The Morgan fingerprint density at radius 3 is 2.55 bits per heavy atom. The number of carbonyl (C=O) groups is 3. The van der Waals surface area contributed by atoms with Crippen LogP contribution in [0.2, 0.25) is 0 Å². The van der Waals surface area contributed by atoms with Crippen LogP contribution in [0, 0.1) is 12.8 Å². The molecule has 1 aliphatic rings. The predicted molar refractivity (Wildman–Crippen MR) is 119 cm³/mol. The van der Waals surface area contributed by atoms with E-state index in [4.69, 9.17) is 5.73 Å². The highest BCUT2D eigenvalue weighted by Gasteiger charge is 2.34. The van der Waals surface area contributed by atoms with Gasteiger partial charge < -0.3 is 21.3 Å². The van der Waals surface area contributed by atoms with E-state index in [0.717, 1.165) is 29.5 Å². The van der Waals surface area contributed by atoms with Gasteiger partial charge in [0.25, 0.3) is 0 Å². The molecule has 3 rings (SSSR count). The van der Waals surface area contributed by atoms with E-state index >= 15 is 0 Å². The van der Waals surface area contributed by atoms with Crippen molar-refractivity contribution < 1.29 is 14.4 Å². The summed E-state index contributed by atoms with van der Waals surface area (Å²) < 4.78 is 0. The molecule has 2 atom stereocenters. The molecule has 31 heavy (non-hydrogen) atoms. The first kappa shape index (κ1) is 22.3. The molecular weight excluding hydrogens is 394 g/mol. The Morgan fingerprint density at radius 2 is 1.90 bits per heavy atom. The number of carbonyl (C=O) groups excluding carboxylic acids is 3. The molecule has 1 aliphatic heterocycles. The average Bonchev–Trinajstić information content (AvgIpc) is 2.74. The van der Waals surface area contributed by atoms with Crippen LogP contribution in [0.4, 0.5) is 11.5 Å². The van der Waals surface area contributed by atoms with Gasteiger partial charge in [-0.15, -0.1) is 0 Å². The number of nitrogen functional groups attached to an aromatic ring is 1. The van der Waals surface area contributed by atoms with Gasteiger partial charge in [-0.1, -0.05) is 31.2 Å². The number of aromatic nitrogens is 1. The number of likely N-dealkylation sites (tertiary alicyclic amines) is 1. The molecule has 0 spiro atoms. The highest BCUT2D eigenvalue weighted by molar-refractivity contribution is 6.39. The highest BCUT2D eigenvalue weighted by Crippen LogP contribution is 2.33. The fourth-order valence-electron chi connectivity index (χ4n) is 3.78. The Bertz CT molecular complexity index is 974. The van der Waals surface area contributed by atoms with E-state index in [0.29, 0.717) is 30.5 Å². The van der Waals surface area contributed by atoms with Crippen LogP contribution in [0.3, 0.4) is 0 Å². The third kappa shape index (κ3) is 5.59. The molecule has 8 heteroatoms. The Kier molecular flexibility index (Phi) is 6.89. The maximum absolute atomic E-state index is 13.0. The van der Waals surface area contributed by atoms with Crippen LogP contribution < -0.4 is 16.4 Å². The number of hydrogen-bond acceptors (Lipinski definition) is 5. The van der Waals surface area contributed by atoms with Crippen LogP contribution in [-0.4, -0.2) is 34.2 Å². The van der Waals surface area contributed by atoms with Gasteiger partial charge in [-0.25, -0.2) is 4.98 Å². The summed E-state index contributed by atoms with van der Waals surface area (Å²) in [5, 5.41) is 5.41. The van der Waals surface area contributed by atoms with Crippen LogP contribution in [0.25, 0.3) is 0 Å². The van der Waals surface area contributed by atoms with Crippen LogP contribution in [0.5, 0.6) is 0 Å². The number of nitrogens with zero attached hydrogens (tertiary/aromatic N) is 2. The molecule has 0 bridgehead atoms. The lowest BCUT2D eigenvalue weighted by Crippen LogP contribution is -2.46. The predicted octanol–water partition coefficient (Wildman–Crippen LogP) is 2.55. The van der Waals surface area contributed by atoms with Crippen molar-refractivity contribution in [3.63, 3.8) is 0 Å². The lowest BCUT2D eigenvalue weighted by atomic mass is 9.89. The molecule has 0 unspecified atom stereocenters. The SMILES string of the molecule is CC(=O)NCc1ccc([C@@H]2CC[C@@H](C)CN2C(=O)C(=O)Nc2cnc(N)c(C)c2)cc1. The summed E-state index contributed by atoms with van der Waals surface area (Å²) in [6.45, 7) is 6.32. The minimum atomic E-state index is -0.688. The summed E-state index contributed by atoms with van der Waals surface area (Å²) in [7, 11) is 0. The maximum atomic E-state index is 13.0. The number of piperidine rings is 1. The van der Waals surface area contributed by atoms with E-state index in [1.54, 1.807) is 17.9 Å². The minimum Gasteiger partial charge on any atom is -0.383 e.